The molecule has 0 spiro atoms. The smallest absolute Gasteiger partial charge is 0.333 e. The summed E-state index contributed by atoms with van der Waals surface area (Å²) in [7, 11) is 0. The molecule has 0 atom stereocenters. The fourth-order valence-electron chi connectivity index (χ4n) is 12.0. The van der Waals surface area contributed by atoms with Gasteiger partial charge in [0, 0.05) is 90.9 Å². The minimum absolute atomic E-state index is 0.00370. The van der Waals surface area contributed by atoms with Crippen molar-refractivity contribution in [1.29, 1.82) is 0 Å². The van der Waals surface area contributed by atoms with E-state index in [1.165, 1.54) is 118 Å². The van der Waals surface area contributed by atoms with Crippen LogP contribution in [0, 0.1) is 0 Å². The summed E-state index contributed by atoms with van der Waals surface area (Å²) in [6, 6.07) is 66.8. The molecule has 9 aromatic carbocycles. The van der Waals surface area contributed by atoms with Gasteiger partial charge in [-0.1, -0.05) is 151 Å². The number of hydrogen-bond donors (Lipinski definition) is 0. The number of fused-ring (bicyclic) bond motifs is 15. The van der Waals surface area contributed by atoms with Crippen LogP contribution in [0.1, 0.15) is 52.7 Å². The van der Waals surface area contributed by atoms with Gasteiger partial charge in [-0.15, -0.1) is 22.7 Å². The van der Waals surface area contributed by atoms with Crippen molar-refractivity contribution in [1.82, 2.24) is 4.57 Å². The van der Waals surface area contributed by atoms with Gasteiger partial charge in [-0.25, -0.2) is 0 Å². The number of nitrogens with zero attached hydrogens (tertiary/aromatic N) is 2. The second-order valence-electron chi connectivity index (χ2n) is 21.7. The first-order chi connectivity index (χ1) is 34.0. The number of benzene rings is 9. The van der Waals surface area contributed by atoms with Crippen molar-refractivity contribution < 1.29 is 4.42 Å². The molecule has 2 aliphatic rings. The van der Waals surface area contributed by atoms with Crippen LogP contribution in [0.4, 0.5) is 11.4 Å². The fourth-order valence-corrected chi connectivity index (χ4v) is 14.4. The fraction of sp³-hybridized carbons (Fsp3) is 0.125. The van der Waals surface area contributed by atoms with E-state index in [4.69, 9.17) is 4.42 Å². The summed E-state index contributed by atoms with van der Waals surface area (Å²) < 4.78 is 13.4. The molecule has 70 heavy (non-hydrogen) atoms. The van der Waals surface area contributed by atoms with Crippen molar-refractivity contribution >= 4 is 126 Å². The lowest BCUT2D eigenvalue weighted by molar-refractivity contribution is 0.590. The standard InChI is InChI=1S/C64H47BN2OS2/c1-63(2,3)38-21-24-40(25-22-38)67-52-34-55-47(46-29-39(64(4,5)6)23-28-54(46)68-55)30-44(52)42-26-27-43-45-31-48-41-19-13-14-20-56(41)69-58(48)35-51(45)66-53-32-49-57(33-50(53)65(67)60(42)61(43)66)70-62(37-17-11-8-12-18-37)59(49)36-15-9-7-10-16-36/h7-35H,1-6H3. The Kier molecular flexibility index (Phi) is 8.17. The van der Waals surface area contributed by atoms with Crippen LogP contribution < -0.4 is 15.7 Å². The zero-order valence-electron chi connectivity index (χ0n) is 39.9. The molecule has 6 heterocycles. The van der Waals surface area contributed by atoms with Crippen molar-refractivity contribution in [2.45, 2.75) is 52.4 Å². The summed E-state index contributed by atoms with van der Waals surface area (Å²) in [4.78, 5) is 3.95. The molecule has 334 valence electrons. The molecule has 3 nitrogen and oxygen atoms in total. The number of aromatic nitrogens is 1. The summed E-state index contributed by atoms with van der Waals surface area (Å²) in [5.41, 5.74) is 19.5. The summed E-state index contributed by atoms with van der Waals surface area (Å²) in [6.45, 7) is 13.6. The highest BCUT2D eigenvalue weighted by Crippen LogP contribution is 2.51. The number of anilines is 2. The van der Waals surface area contributed by atoms with E-state index in [9.17, 15) is 0 Å². The summed E-state index contributed by atoms with van der Waals surface area (Å²) in [5, 5.41) is 8.82. The number of hydrogen-bond acceptors (Lipinski definition) is 4. The zero-order valence-corrected chi connectivity index (χ0v) is 41.6. The number of thiophene rings is 2. The Morgan fingerprint density at radius 2 is 1.16 bits per heavy atom. The lowest BCUT2D eigenvalue weighted by Crippen LogP contribution is -2.60. The third kappa shape index (κ3) is 5.63. The van der Waals surface area contributed by atoms with Crippen molar-refractivity contribution in [2.75, 3.05) is 4.81 Å². The van der Waals surface area contributed by atoms with Crippen LogP contribution in [0.5, 0.6) is 0 Å². The van der Waals surface area contributed by atoms with E-state index in [2.05, 4.69) is 227 Å². The van der Waals surface area contributed by atoms with E-state index < -0.39 is 0 Å². The van der Waals surface area contributed by atoms with Crippen LogP contribution in [0.2, 0.25) is 0 Å². The van der Waals surface area contributed by atoms with Gasteiger partial charge < -0.3 is 13.8 Å². The first kappa shape index (κ1) is 40.5. The van der Waals surface area contributed by atoms with Crippen LogP contribution in [-0.4, -0.2) is 11.4 Å². The Bertz CT molecular complexity index is 4370. The Hall–Kier alpha value is -7.38. The lowest BCUT2D eigenvalue weighted by Gasteiger charge is -2.42. The highest BCUT2D eigenvalue weighted by molar-refractivity contribution is 7.26. The Balaban J connectivity index is 1.10. The monoisotopic (exact) mass is 934 g/mol. The molecule has 0 unspecified atom stereocenters. The average Bonchev–Trinajstić information content (AvgIpc) is 4.12. The number of rotatable bonds is 3. The average molecular weight is 935 g/mol. The predicted molar refractivity (Wildman–Crippen MR) is 304 cm³/mol. The molecule has 2 aliphatic heterocycles. The molecule has 0 bridgehead atoms. The van der Waals surface area contributed by atoms with E-state index in [0.717, 1.165) is 27.9 Å². The largest absolute Gasteiger partial charge is 0.456 e. The SMILES string of the molecule is CC(C)(C)c1ccc(N2B3c4cc5sc(-c6ccccc6)c(-c6ccccc6)c5cc4-n4c5cc6sc7ccccc7c6cc5c5ccc(c3c54)-c3cc4c(cc32)oc2ccc(C(C)(C)C)cc24)cc1. The van der Waals surface area contributed by atoms with Gasteiger partial charge in [0.2, 0.25) is 0 Å². The highest BCUT2D eigenvalue weighted by atomic mass is 32.1. The molecule has 0 N–H and O–H groups in total. The van der Waals surface area contributed by atoms with Gasteiger partial charge in [0.05, 0.1) is 11.0 Å². The Morgan fingerprint density at radius 3 is 1.93 bits per heavy atom. The van der Waals surface area contributed by atoms with Crippen molar-refractivity contribution in [2.24, 2.45) is 0 Å². The molecule has 0 amide bonds. The van der Waals surface area contributed by atoms with Gasteiger partial charge in [-0.05, 0) is 110 Å². The maximum absolute atomic E-state index is 6.87. The topological polar surface area (TPSA) is 21.3 Å². The maximum atomic E-state index is 6.87. The molecule has 0 aliphatic carbocycles. The third-order valence-electron chi connectivity index (χ3n) is 15.5. The molecule has 4 aromatic heterocycles. The van der Waals surface area contributed by atoms with Gasteiger partial charge in [0.15, 0.2) is 0 Å². The van der Waals surface area contributed by atoms with Crippen LogP contribution >= 0.6 is 22.7 Å². The third-order valence-corrected chi connectivity index (χ3v) is 17.8. The molecular formula is C64H47BN2OS2. The molecule has 6 heteroatoms. The van der Waals surface area contributed by atoms with E-state index in [-0.39, 0.29) is 17.7 Å². The van der Waals surface area contributed by atoms with Crippen LogP contribution in [0.3, 0.4) is 0 Å². The lowest BCUT2D eigenvalue weighted by atomic mass is 9.44. The zero-order chi connectivity index (χ0) is 46.9. The van der Waals surface area contributed by atoms with Crippen molar-refractivity contribution in [3.8, 4) is 38.4 Å². The second-order valence-corrected chi connectivity index (χ2v) is 23.8. The molecule has 15 rings (SSSR count). The van der Waals surface area contributed by atoms with Crippen molar-refractivity contribution in [3.05, 3.63) is 187 Å². The quantitative estimate of drug-likeness (QED) is 0.165. The minimum atomic E-state index is -0.137. The highest BCUT2D eigenvalue weighted by Gasteiger charge is 2.45. The van der Waals surface area contributed by atoms with E-state index in [1.807, 2.05) is 22.7 Å². The number of furan rings is 1. The normalized spacial score (nSPS) is 13.5. The summed E-state index contributed by atoms with van der Waals surface area (Å²) in [6.07, 6.45) is 0. The molecule has 13 aromatic rings. The first-order valence-electron chi connectivity index (χ1n) is 24.5. The van der Waals surface area contributed by atoms with E-state index >= 15 is 0 Å². The second kappa shape index (κ2) is 14.1. The predicted octanol–water partition coefficient (Wildman–Crippen LogP) is 17.4. The minimum Gasteiger partial charge on any atom is -0.456 e. The molecular weight excluding hydrogens is 888 g/mol. The first-order valence-corrected chi connectivity index (χ1v) is 26.1. The van der Waals surface area contributed by atoms with E-state index in [1.54, 1.807) is 0 Å². The summed E-state index contributed by atoms with van der Waals surface area (Å²) >= 11 is 3.82. The van der Waals surface area contributed by atoms with Gasteiger partial charge in [0.25, 0.3) is 0 Å². The van der Waals surface area contributed by atoms with Crippen LogP contribution in [0.15, 0.2) is 180 Å². The van der Waals surface area contributed by atoms with E-state index in [0.29, 0.717) is 0 Å². The van der Waals surface area contributed by atoms with Gasteiger partial charge >= 0.3 is 6.85 Å². The maximum Gasteiger partial charge on any atom is 0.333 e. The molecule has 0 saturated carbocycles. The van der Waals surface area contributed by atoms with Gasteiger partial charge in [0.1, 0.15) is 11.2 Å². The Labute approximate surface area is 414 Å². The van der Waals surface area contributed by atoms with Crippen LogP contribution in [0.25, 0.3) is 112 Å². The van der Waals surface area contributed by atoms with Gasteiger partial charge in [-0.2, -0.15) is 0 Å². The molecule has 0 radical (unpaired) electrons. The van der Waals surface area contributed by atoms with Crippen molar-refractivity contribution in [3.63, 3.8) is 0 Å². The Morgan fingerprint density at radius 1 is 0.457 bits per heavy atom. The molecule has 0 saturated heterocycles. The van der Waals surface area contributed by atoms with Gasteiger partial charge in [-0.3, -0.25) is 0 Å². The molecule has 0 fully saturated rings. The van der Waals surface area contributed by atoms with Crippen LogP contribution in [-0.2, 0) is 10.8 Å². The summed E-state index contributed by atoms with van der Waals surface area (Å²) in [5.74, 6) is 0.